The SMILES string of the molecule is Cc1cc(Nc2nccn3c(-c4ccc(OCN)c(F)c4F)cnc23)ccc1C(=O)N1CCN(C(=O)[C@H]2CCNC[C@@H]2O)CC1. The van der Waals surface area contributed by atoms with Crippen LogP contribution in [0.3, 0.4) is 0 Å². The fourth-order valence-corrected chi connectivity index (χ4v) is 5.92. The molecule has 12 nitrogen and oxygen atoms in total. The number of aliphatic hydroxyl groups is 1. The van der Waals surface area contributed by atoms with Crippen LogP contribution in [0.2, 0.25) is 0 Å². The number of hydrogen-bond donors (Lipinski definition) is 4. The Balaban J connectivity index is 1.14. The van der Waals surface area contributed by atoms with Gasteiger partial charge in [-0.3, -0.25) is 19.7 Å². The van der Waals surface area contributed by atoms with Gasteiger partial charge in [0.2, 0.25) is 11.7 Å². The lowest BCUT2D eigenvalue weighted by Crippen LogP contribution is -2.55. The van der Waals surface area contributed by atoms with Crippen molar-refractivity contribution in [3.8, 4) is 17.0 Å². The van der Waals surface area contributed by atoms with E-state index in [2.05, 4.69) is 20.6 Å². The number of aromatic nitrogens is 3. The minimum absolute atomic E-state index is 0.00527. The first-order chi connectivity index (χ1) is 21.8. The number of benzene rings is 2. The predicted molar refractivity (Wildman–Crippen MR) is 162 cm³/mol. The van der Waals surface area contributed by atoms with E-state index in [1.165, 1.54) is 24.5 Å². The van der Waals surface area contributed by atoms with E-state index < -0.39 is 23.7 Å². The summed E-state index contributed by atoms with van der Waals surface area (Å²) >= 11 is 0. The van der Waals surface area contributed by atoms with Crippen molar-refractivity contribution in [1.82, 2.24) is 29.5 Å². The molecule has 0 aliphatic carbocycles. The molecule has 2 aromatic carbocycles. The molecule has 4 aromatic rings. The highest BCUT2D eigenvalue weighted by atomic mass is 19.2. The minimum atomic E-state index is -1.14. The summed E-state index contributed by atoms with van der Waals surface area (Å²) in [5, 5.41) is 16.5. The van der Waals surface area contributed by atoms with Crippen LogP contribution in [-0.2, 0) is 4.79 Å². The highest BCUT2D eigenvalue weighted by Crippen LogP contribution is 2.32. The lowest BCUT2D eigenvalue weighted by Gasteiger charge is -2.38. The topological polar surface area (TPSA) is 150 Å². The van der Waals surface area contributed by atoms with Crippen LogP contribution in [0.25, 0.3) is 16.9 Å². The number of piperidine rings is 1. The van der Waals surface area contributed by atoms with Gasteiger partial charge in [-0.25, -0.2) is 14.4 Å². The number of ether oxygens (including phenoxy) is 1. The van der Waals surface area contributed by atoms with Gasteiger partial charge in [0.25, 0.3) is 5.91 Å². The molecule has 2 aromatic heterocycles. The fraction of sp³-hybridized carbons (Fsp3) is 0.355. The van der Waals surface area contributed by atoms with Crippen molar-refractivity contribution in [2.45, 2.75) is 19.4 Å². The number of aryl methyl sites for hydroxylation is 1. The molecule has 5 N–H and O–H groups in total. The molecule has 236 valence electrons. The third-order valence-corrected chi connectivity index (χ3v) is 8.36. The van der Waals surface area contributed by atoms with Crippen LogP contribution < -0.4 is 21.1 Å². The number of anilines is 2. The summed E-state index contributed by atoms with van der Waals surface area (Å²) in [5.41, 5.74) is 7.94. The smallest absolute Gasteiger partial charge is 0.254 e. The van der Waals surface area contributed by atoms with Crippen molar-refractivity contribution in [1.29, 1.82) is 0 Å². The van der Waals surface area contributed by atoms with E-state index in [1.54, 1.807) is 32.5 Å². The van der Waals surface area contributed by atoms with Crippen molar-refractivity contribution in [2.24, 2.45) is 11.7 Å². The van der Waals surface area contributed by atoms with Crippen LogP contribution in [0.5, 0.6) is 5.75 Å². The number of fused-ring (bicyclic) bond motifs is 1. The molecule has 0 spiro atoms. The van der Waals surface area contributed by atoms with E-state index >= 15 is 0 Å². The number of imidazole rings is 1. The van der Waals surface area contributed by atoms with Gasteiger partial charge in [0.05, 0.1) is 23.9 Å². The van der Waals surface area contributed by atoms with E-state index in [9.17, 15) is 23.5 Å². The Morgan fingerprint density at radius 3 is 2.62 bits per heavy atom. The van der Waals surface area contributed by atoms with Gasteiger partial charge in [-0.1, -0.05) is 0 Å². The van der Waals surface area contributed by atoms with Crippen molar-refractivity contribution < 1.29 is 28.2 Å². The average Bonchev–Trinajstić information content (AvgIpc) is 3.48. The van der Waals surface area contributed by atoms with Crippen LogP contribution in [0.15, 0.2) is 48.9 Å². The van der Waals surface area contributed by atoms with Crippen LogP contribution in [0.4, 0.5) is 20.3 Å². The predicted octanol–water partition coefficient (Wildman–Crippen LogP) is 2.28. The second kappa shape index (κ2) is 12.8. The Labute approximate surface area is 257 Å². The van der Waals surface area contributed by atoms with E-state index in [0.717, 1.165) is 5.56 Å². The van der Waals surface area contributed by atoms with Gasteiger partial charge in [0, 0.05) is 61.9 Å². The number of aliphatic hydroxyl groups excluding tert-OH is 1. The Kier molecular flexibility index (Phi) is 8.61. The zero-order valence-electron chi connectivity index (χ0n) is 24.7. The normalized spacial score (nSPS) is 18.7. The first-order valence-corrected chi connectivity index (χ1v) is 14.7. The molecule has 0 unspecified atom stereocenters. The molecule has 14 heteroatoms. The molecule has 45 heavy (non-hydrogen) atoms. The zero-order chi connectivity index (χ0) is 31.7. The Hall–Kier alpha value is -4.66. The van der Waals surface area contributed by atoms with Crippen LogP contribution in [0, 0.1) is 24.5 Å². The molecule has 2 amide bonds. The quantitative estimate of drug-likeness (QED) is 0.228. The second-order valence-corrected chi connectivity index (χ2v) is 11.1. The number of nitrogens with two attached hydrogens (primary N) is 1. The van der Waals surface area contributed by atoms with Crippen LogP contribution >= 0.6 is 0 Å². The highest BCUT2D eigenvalue weighted by Gasteiger charge is 2.34. The van der Waals surface area contributed by atoms with Gasteiger partial charge in [-0.05, 0) is 55.8 Å². The minimum Gasteiger partial charge on any atom is -0.475 e. The summed E-state index contributed by atoms with van der Waals surface area (Å²) < 4.78 is 36.0. The molecular weight excluding hydrogens is 586 g/mol. The molecule has 6 rings (SSSR count). The molecule has 2 fully saturated rings. The molecule has 4 heterocycles. The average molecular weight is 621 g/mol. The van der Waals surface area contributed by atoms with Crippen LogP contribution in [0.1, 0.15) is 22.3 Å². The summed E-state index contributed by atoms with van der Waals surface area (Å²) in [7, 11) is 0. The lowest BCUT2D eigenvalue weighted by molar-refractivity contribution is -0.141. The largest absolute Gasteiger partial charge is 0.475 e. The fourth-order valence-electron chi connectivity index (χ4n) is 5.92. The first kappa shape index (κ1) is 30.4. The number of β-amino-alcohol motifs (C(OH)–C–C–N with tert-alkyl or cyclic N) is 1. The first-order valence-electron chi connectivity index (χ1n) is 14.7. The highest BCUT2D eigenvalue weighted by molar-refractivity contribution is 5.96. The Morgan fingerprint density at radius 2 is 1.89 bits per heavy atom. The number of carbonyl (C=O) groups excluding carboxylic acids is 2. The molecule has 0 saturated carbocycles. The summed E-state index contributed by atoms with van der Waals surface area (Å²) in [4.78, 5) is 38.6. The van der Waals surface area contributed by atoms with Crippen LogP contribution in [-0.4, -0.2) is 93.2 Å². The zero-order valence-corrected chi connectivity index (χ0v) is 24.7. The number of piperazine rings is 1. The Morgan fingerprint density at radius 1 is 1.11 bits per heavy atom. The van der Waals surface area contributed by atoms with Gasteiger partial charge < -0.3 is 30.3 Å². The monoisotopic (exact) mass is 620 g/mol. The molecule has 2 atom stereocenters. The summed E-state index contributed by atoms with van der Waals surface area (Å²) in [6.07, 6.45) is 4.45. The number of nitrogens with one attached hydrogen (secondary N) is 2. The van der Waals surface area contributed by atoms with E-state index in [1.807, 2.05) is 13.0 Å². The Bertz CT molecular complexity index is 1740. The summed E-state index contributed by atoms with van der Waals surface area (Å²) in [5.74, 6) is -2.70. The van der Waals surface area contributed by atoms with E-state index in [4.69, 9.17) is 10.5 Å². The van der Waals surface area contributed by atoms with Crippen molar-refractivity contribution >= 4 is 29.0 Å². The molecule has 2 aliphatic heterocycles. The number of amides is 2. The van der Waals surface area contributed by atoms with Gasteiger partial charge in [0.1, 0.15) is 6.73 Å². The van der Waals surface area contributed by atoms with Crippen molar-refractivity contribution in [3.63, 3.8) is 0 Å². The number of hydrogen-bond acceptors (Lipinski definition) is 9. The molecule has 2 saturated heterocycles. The summed E-state index contributed by atoms with van der Waals surface area (Å²) in [6, 6.07) is 8.04. The third kappa shape index (κ3) is 5.91. The number of halogens is 2. The maximum atomic E-state index is 14.9. The molecule has 0 bridgehead atoms. The third-order valence-electron chi connectivity index (χ3n) is 8.36. The summed E-state index contributed by atoms with van der Waals surface area (Å²) in [6.45, 7) is 4.33. The molecule has 0 radical (unpaired) electrons. The number of nitrogens with zero attached hydrogens (tertiary/aromatic N) is 5. The van der Waals surface area contributed by atoms with Gasteiger partial charge >= 0.3 is 0 Å². The lowest BCUT2D eigenvalue weighted by atomic mass is 9.93. The van der Waals surface area contributed by atoms with E-state index in [0.29, 0.717) is 74.1 Å². The van der Waals surface area contributed by atoms with Gasteiger partial charge in [-0.15, -0.1) is 0 Å². The molecule has 2 aliphatic rings. The second-order valence-electron chi connectivity index (χ2n) is 11.1. The maximum Gasteiger partial charge on any atom is 0.254 e. The van der Waals surface area contributed by atoms with E-state index in [-0.39, 0.29) is 29.9 Å². The van der Waals surface area contributed by atoms with Gasteiger partial charge in [-0.2, -0.15) is 4.39 Å². The van der Waals surface area contributed by atoms with Crippen molar-refractivity contribution in [3.05, 3.63) is 71.7 Å². The number of rotatable bonds is 7. The van der Waals surface area contributed by atoms with Gasteiger partial charge in [0.15, 0.2) is 23.0 Å². The maximum absolute atomic E-state index is 14.9. The van der Waals surface area contributed by atoms with Crippen molar-refractivity contribution in [2.75, 3.05) is 51.3 Å². The molecular formula is C31H34F2N8O4. The number of carbonyl (C=O) groups is 2. The standard InChI is InChI=1S/C31H34F2N8O4/c1-18-14-19(2-3-20(18)30(43)39-10-12-40(13-11-39)31(44)22-6-7-35-16-24(22)42)38-28-29-37-15-23(41(29)9-8-36-28)21-4-5-25(45-17-34)27(33)26(21)32/h2-5,8-9,14-15,22,24,35,42H,6-7,10-13,16-17,34H2,1H3,(H,36,38)/t22-,24-/m0/s1.